The van der Waals surface area contributed by atoms with Gasteiger partial charge in [-0.1, -0.05) is 0 Å². The van der Waals surface area contributed by atoms with Crippen molar-refractivity contribution in [2.45, 2.75) is 13.0 Å². The summed E-state index contributed by atoms with van der Waals surface area (Å²) < 4.78 is 8.76. The van der Waals surface area contributed by atoms with E-state index in [0.29, 0.717) is 0 Å². The normalized spacial score (nSPS) is 12.2. The Labute approximate surface area is 63.9 Å². The number of carbonyl (C=O) groups is 2. The van der Waals surface area contributed by atoms with E-state index in [1.807, 2.05) is 0 Å². The van der Waals surface area contributed by atoms with Crippen LogP contribution in [0.1, 0.15) is 6.92 Å². The molecule has 0 aromatic heterocycles. The first-order valence-corrected chi connectivity index (χ1v) is 3.05. The van der Waals surface area contributed by atoms with E-state index in [9.17, 15) is 9.59 Å². The molecule has 11 heavy (non-hydrogen) atoms. The number of carboxylic acids is 1. The second-order valence-electron chi connectivity index (χ2n) is 1.70. The van der Waals surface area contributed by atoms with Crippen LogP contribution < -0.4 is 0 Å². The van der Waals surface area contributed by atoms with Crippen molar-refractivity contribution in [3.8, 4) is 0 Å². The van der Waals surface area contributed by atoms with Gasteiger partial charge in [-0.3, -0.25) is 0 Å². The highest BCUT2D eigenvalue weighted by Gasteiger charge is 2.27. The fourth-order valence-corrected chi connectivity index (χ4v) is 0.514. The third-order valence-electron chi connectivity index (χ3n) is 0.973. The van der Waals surface area contributed by atoms with Crippen molar-refractivity contribution in [3.05, 3.63) is 0 Å². The van der Waals surface area contributed by atoms with Gasteiger partial charge in [0, 0.05) is 6.61 Å². The van der Waals surface area contributed by atoms with E-state index in [2.05, 4.69) is 9.47 Å². The highest BCUT2D eigenvalue weighted by molar-refractivity contribution is 5.96. The molecule has 0 amide bonds. The Balaban J connectivity index is 4.09. The van der Waals surface area contributed by atoms with Crippen LogP contribution in [0.4, 0.5) is 0 Å². The van der Waals surface area contributed by atoms with E-state index in [0.717, 1.165) is 7.11 Å². The van der Waals surface area contributed by atoms with Gasteiger partial charge in [0.05, 0.1) is 7.11 Å². The first-order valence-electron chi connectivity index (χ1n) is 3.05. The average molecular weight is 162 g/mol. The summed E-state index contributed by atoms with van der Waals surface area (Å²) in [6.45, 7) is 1.75. The van der Waals surface area contributed by atoms with Crippen molar-refractivity contribution in [1.29, 1.82) is 0 Å². The minimum absolute atomic E-state index is 0.159. The van der Waals surface area contributed by atoms with Gasteiger partial charge < -0.3 is 14.6 Å². The number of esters is 1. The fourth-order valence-electron chi connectivity index (χ4n) is 0.514. The Morgan fingerprint density at radius 1 is 1.55 bits per heavy atom. The van der Waals surface area contributed by atoms with E-state index >= 15 is 0 Å². The lowest BCUT2D eigenvalue weighted by molar-refractivity contribution is -0.167. The summed E-state index contributed by atoms with van der Waals surface area (Å²) in [7, 11) is 1.11. The molecule has 0 radical (unpaired) electrons. The molecule has 0 aliphatic heterocycles. The van der Waals surface area contributed by atoms with Gasteiger partial charge in [-0.05, 0) is 6.92 Å². The zero-order chi connectivity index (χ0) is 8.85. The molecular weight excluding hydrogens is 152 g/mol. The lowest BCUT2D eigenvalue weighted by atomic mass is 10.4. The van der Waals surface area contributed by atoms with E-state index < -0.39 is 18.0 Å². The maximum Gasteiger partial charge on any atom is 0.346 e. The number of carboxylic acid groups (broad SMARTS) is 1. The molecule has 0 heterocycles. The summed E-state index contributed by atoms with van der Waals surface area (Å²) >= 11 is 0. The Morgan fingerprint density at radius 3 is 2.36 bits per heavy atom. The summed E-state index contributed by atoms with van der Waals surface area (Å²) in [5, 5.41) is 8.38. The fraction of sp³-hybridized carbons (Fsp3) is 0.667. The molecule has 64 valence electrons. The molecule has 0 bridgehead atoms. The molecule has 0 fully saturated rings. The monoisotopic (exact) mass is 162 g/mol. The van der Waals surface area contributed by atoms with Crippen molar-refractivity contribution < 1.29 is 24.2 Å². The van der Waals surface area contributed by atoms with Gasteiger partial charge >= 0.3 is 11.9 Å². The molecule has 1 N–H and O–H groups in total. The molecule has 0 rings (SSSR count). The Morgan fingerprint density at radius 2 is 2.09 bits per heavy atom. The first-order chi connectivity index (χ1) is 5.13. The van der Waals surface area contributed by atoms with Gasteiger partial charge in [-0.25, -0.2) is 9.59 Å². The molecule has 0 aromatic rings. The van der Waals surface area contributed by atoms with E-state index in [1.165, 1.54) is 0 Å². The van der Waals surface area contributed by atoms with Crippen molar-refractivity contribution in [3.63, 3.8) is 0 Å². The van der Waals surface area contributed by atoms with Crippen LogP contribution in [0.15, 0.2) is 0 Å². The van der Waals surface area contributed by atoms with Gasteiger partial charge in [0.2, 0.25) is 0 Å². The minimum atomic E-state index is -1.50. The standard InChI is InChI=1S/C6H10O5/c1-3-11-4(5(7)8)6(9)10-2/h4H,3H2,1-2H3,(H,7,8). The van der Waals surface area contributed by atoms with Crippen LogP contribution in [0.5, 0.6) is 0 Å². The number of carbonyl (C=O) groups excluding carboxylic acids is 1. The maximum absolute atomic E-state index is 10.6. The number of hydrogen-bond donors (Lipinski definition) is 1. The maximum atomic E-state index is 10.6. The third-order valence-corrected chi connectivity index (χ3v) is 0.973. The van der Waals surface area contributed by atoms with Crippen LogP contribution in [0.2, 0.25) is 0 Å². The lowest BCUT2D eigenvalue weighted by Gasteiger charge is -2.08. The van der Waals surface area contributed by atoms with E-state index in [-0.39, 0.29) is 6.61 Å². The summed E-state index contributed by atoms with van der Waals surface area (Å²) in [6.07, 6.45) is -1.50. The minimum Gasteiger partial charge on any atom is -0.479 e. The molecule has 0 saturated carbocycles. The summed E-state index contributed by atoms with van der Waals surface area (Å²) in [5.74, 6) is -2.22. The van der Waals surface area contributed by atoms with Crippen molar-refractivity contribution in [2.24, 2.45) is 0 Å². The summed E-state index contributed by atoms with van der Waals surface area (Å²) in [5.41, 5.74) is 0. The number of methoxy groups -OCH3 is 1. The largest absolute Gasteiger partial charge is 0.479 e. The second-order valence-corrected chi connectivity index (χ2v) is 1.70. The highest BCUT2D eigenvalue weighted by Crippen LogP contribution is 1.94. The van der Waals surface area contributed by atoms with Gasteiger partial charge in [0.15, 0.2) is 0 Å². The number of rotatable bonds is 4. The van der Waals surface area contributed by atoms with Gasteiger partial charge in [-0.2, -0.15) is 0 Å². The lowest BCUT2D eigenvalue weighted by Crippen LogP contribution is -2.33. The predicted octanol–water partition coefficient (Wildman–Crippen LogP) is -0.351. The Kier molecular flexibility index (Phi) is 4.21. The van der Waals surface area contributed by atoms with Crippen LogP contribution in [0.25, 0.3) is 0 Å². The number of hydrogen-bond acceptors (Lipinski definition) is 4. The molecular formula is C6H10O5. The van der Waals surface area contributed by atoms with Crippen molar-refractivity contribution in [1.82, 2.24) is 0 Å². The molecule has 5 heteroatoms. The smallest absolute Gasteiger partial charge is 0.346 e. The second kappa shape index (κ2) is 4.68. The van der Waals surface area contributed by atoms with Gasteiger partial charge in [-0.15, -0.1) is 0 Å². The van der Waals surface area contributed by atoms with Crippen LogP contribution in [-0.2, 0) is 19.1 Å². The van der Waals surface area contributed by atoms with Crippen LogP contribution in [0, 0.1) is 0 Å². The highest BCUT2D eigenvalue weighted by atomic mass is 16.6. The topological polar surface area (TPSA) is 72.8 Å². The molecule has 1 unspecified atom stereocenters. The molecule has 5 nitrogen and oxygen atoms in total. The molecule has 0 aromatic carbocycles. The first kappa shape index (κ1) is 9.90. The molecule has 0 saturated heterocycles. The zero-order valence-electron chi connectivity index (χ0n) is 6.36. The molecule has 0 spiro atoms. The summed E-state index contributed by atoms with van der Waals surface area (Å²) in [6, 6.07) is 0. The predicted molar refractivity (Wildman–Crippen MR) is 35.1 cm³/mol. The number of ether oxygens (including phenoxy) is 2. The van der Waals surface area contributed by atoms with Gasteiger partial charge in [0.1, 0.15) is 0 Å². The van der Waals surface area contributed by atoms with E-state index in [1.54, 1.807) is 6.92 Å². The molecule has 1 atom stereocenters. The van der Waals surface area contributed by atoms with Crippen molar-refractivity contribution >= 4 is 11.9 Å². The van der Waals surface area contributed by atoms with Gasteiger partial charge in [0.25, 0.3) is 6.10 Å². The van der Waals surface area contributed by atoms with Crippen LogP contribution in [-0.4, -0.2) is 36.9 Å². The summed E-state index contributed by atoms with van der Waals surface area (Å²) in [4.78, 5) is 20.9. The Bertz CT molecular complexity index is 153. The SMILES string of the molecule is CCOC(C(=O)O)C(=O)OC. The third kappa shape index (κ3) is 2.99. The van der Waals surface area contributed by atoms with Crippen LogP contribution in [0.3, 0.4) is 0 Å². The van der Waals surface area contributed by atoms with E-state index in [4.69, 9.17) is 5.11 Å². The Hall–Kier alpha value is -1.10. The average Bonchev–Trinajstić information content (AvgIpc) is 1.98. The zero-order valence-corrected chi connectivity index (χ0v) is 6.36. The van der Waals surface area contributed by atoms with Crippen LogP contribution >= 0.6 is 0 Å². The molecule has 0 aliphatic rings. The molecule has 0 aliphatic carbocycles. The quantitative estimate of drug-likeness (QED) is 0.451. The van der Waals surface area contributed by atoms with Crippen molar-refractivity contribution in [2.75, 3.05) is 13.7 Å². The number of aliphatic carboxylic acids is 1.